The molecule has 1 heterocycles. The number of methoxy groups -OCH3 is 1. The molecule has 1 aliphatic heterocycles. The Labute approximate surface area is 168 Å². The first-order chi connectivity index (χ1) is 13.5. The van der Waals surface area contributed by atoms with Crippen LogP contribution in [0.3, 0.4) is 0 Å². The van der Waals surface area contributed by atoms with Crippen LogP contribution in [0.1, 0.15) is 50.5 Å². The van der Waals surface area contributed by atoms with Crippen molar-refractivity contribution in [3.05, 3.63) is 29.8 Å². The first kappa shape index (κ1) is 20.6. The summed E-state index contributed by atoms with van der Waals surface area (Å²) in [7, 11) is 1.65. The Kier molecular flexibility index (Phi) is 6.93. The summed E-state index contributed by atoms with van der Waals surface area (Å²) in [5, 5.41) is 12.8. The average molecular weight is 385 g/mol. The van der Waals surface area contributed by atoms with Crippen molar-refractivity contribution in [3.8, 4) is 11.8 Å². The molecule has 2 atom stereocenters. The number of nitrogens with two attached hydrogens (primary N) is 1. The Balaban J connectivity index is 1.54. The Hall–Kier alpha value is -2.10. The predicted molar refractivity (Wildman–Crippen MR) is 109 cm³/mol. The van der Waals surface area contributed by atoms with Crippen LogP contribution in [-0.4, -0.2) is 42.6 Å². The van der Waals surface area contributed by atoms with Crippen LogP contribution in [0.4, 0.5) is 0 Å². The van der Waals surface area contributed by atoms with Gasteiger partial charge in [-0.25, -0.2) is 0 Å². The normalized spacial score (nSPS) is 24.5. The van der Waals surface area contributed by atoms with Gasteiger partial charge >= 0.3 is 0 Å². The van der Waals surface area contributed by atoms with Gasteiger partial charge in [0.25, 0.3) is 0 Å². The van der Waals surface area contributed by atoms with Crippen LogP contribution in [0.25, 0.3) is 0 Å². The van der Waals surface area contributed by atoms with Gasteiger partial charge in [-0.15, -0.1) is 0 Å². The largest absolute Gasteiger partial charge is 0.497 e. The molecule has 3 rings (SSSR count). The van der Waals surface area contributed by atoms with Crippen LogP contribution in [0.2, 0.25) is 0 Å². The maximum atomic E-state index is 12.7. The molecule has 1 saturated heterocycles. The smallest absolute Gasteiger partial charge is 0.238 e. The number of hydrogen-bond acceptors (Lipinski definition) is 5. The highest BCUT2D eigenvalue weighted by atomic mass is 16.5. The van der Waals surface area contributed by atoms with Gasteiger partial charge in [0.05, 0.1) is 19.2 Å². The standard InChI is InChI=1S/C22H32N4O2/c1-28-19-9-5-8-18(12-19)14-26-11-10-22(15-23,16-26)25-21(27)20(24)13-17-6-3-2-4-7-17/h5,8-9,12,17,20H,2-4,6-7,10-11,13-14,16,24H2,1H3,(H,25,27). The molecule has 0 aromatic heterocycles. The minimum absolute atomic E-state index is 0.185. The summed E-state index contributed by atoms with van der Waals surface area (Å²) in [5.41, 5.74) is 6.47. The van der Waals surface area contributed by atoms with Gasteiger partial charge < -0.3 is 15.8 Å². The van der Waals surface area contributed by atoms with E-state index in [1.165, 1.54) is 32.1 Å². The van der Waals surface area contributed by atoms with E-state index in [0.29, 0.717) is 18.9 Å². The van der Waals surface area contributed by atoms with Crippen LogP contribution >= 0.6 is 0 Å². The molecule has 0 radical (unpaired) electrons. The molecule has 6 nitrogen and oxygen atoms in total. The molecule has 6 heteroatoms. The fourth-order valence-corrected chi connectivity index (χ4v) is 4.49. The molecule has 2 fully saturated rings. The summed E-state index contributed by atoms with van der Waals surface area (Å²) in [4.78, 5) is 14.9. The van der Waals surface area contributed by atoms with Gasteiger partial charge in [-0.2, -0.15) is 5.26 Å². The van der Waals surface area contributed by atoms with Gasteiger partial charge in [0.1, 0.15) is 11.3 Å². The molecule has 1 aromatic rings. The zero-order valence-corrected chi connectivity index (χ0v) is 16.8. The number of rotatable bonds is 7. The number of carbonyl (C=O) groups is 1. The molecule has 0 spiro atoms. The summed E-state index contributed by atoms with van der Waals surface area (Å²) in [6, 6.07) is 9.76. The van der Waals surface area contributed by atoms with Crippen molar-refractivity contribution in [2.45, 2.75) is 63.1 Å². The van der Waals surface area contributed by atoms with Crippen molar-refractivity contribution in [2.75, 3.05) is 20.2 Å². The van der Waals surface area contributed by atoms with Crippen LogP contribution in [-0.2, 0) is 11.3 Å². The Morgan fingerprint density at radius 1 is 1.43 bits per heavy atom. The van der Waals surface area contributed by atoms with Crippen molar-refractivity contribution in [2.24, 2.45) is 11.7 Å². The number of nitrogens with one attached hydrogen (secondary N) is 1. The fourth-order valence-electron chi connectivity index (χ4n) is 4.49. The number of carbonyl (C=O) groups excluding carboxylic acids is 1. The lowest BCUT2D eigenvalue weighted by Crippen LogP contribution is -2.54. The molecular formula is C22H32N4O2. The molecule has 28 heavy (non-hydrogen) atoms. The van der Waals surface area contributed by atoms with Gasteiger partial charge in [-0.1, -0.05) is 44.2 Å². The fraction of sp³-hybridized carbons (Fsp3) is 0.636. The number of amides is 1. The zero-order valence-electron chi connectivity index (χ0n) is 16.8. The second kappa shape index (κ2) is 9.40. The number of ether oxygens (including phenoxy) is 1. The molecule has 1 amide bonds. The Bertz CT molecular complexity index is 711. The number of nitrogens with zero attached hydrogens (tertiary/aromatic N) is 2. The second-order valence-electron chi connectivity index (χ2n) is 8.34. The summed E-state index contributed by atoms with van der Waals surface area (Å²) in [6.07, 6.45) is 7.44. The molecule has 1 aliphatic carbocycles. The second-order valence-corrected chi connectivity index (χ2v) is 8.34. The zero-order chi connectivity index (χ0) is 20.0. The summed E-state index contributed by atoms with van der Waals surface area (Å²) < 4.78 is 5.28. The van der Waals surface area contributed by atoms with Gasteiger partial charge in [0, 0.05) is 19.6 Å². The molecule has 3 N–H and O–H groups in total. The van der Waals surface area contributed by atoms with E-state index in [2.05, 4.69) is 16.3 Å². The topological polar surface area (TPSA) is 91.4 Å². The van der Waals surface area contributed by atoms with Crippen LogP contribution in [0, 0.1) is 17.2 Å². The lowest BCUT2D eigenvalue weighted by Gasteiger charge is -2.28. The third-order valence-electron chi connectivity index (χ3n) is 6.11. The lowest BCUT2D eigenvalue weighted by atomic mass is 9.84. The molecule has 1 aromatic carbocycles. The highest BCUT2D eigenvalue weighted by molar-refractivity contribution is 5.82. The van der Waals surface area contributed by atoms with Crippen LogP contribution in [0.15, 0.2) is 24.3 Å². The van der Waals surface area contributed by atoms with E-state index in [9.17, 15) is 10.1 Å². The molecule has 1 saturated carbocycles. The van der Waals surface area contributed by atoms with Crippen molar-refractivity contribution in [3.63, 3.8) is 0 Å². The van der Waals surface area contributed by atoms with E-state index in [-0.39, 0.29) is 5.91 Å². The molecular weight excluding hydrogens is 352 g/mol. The van der Waals surface area contributed by atoms with Crippen molar-refractivity contribution in [1.82, 2.24) is 10.2 Å². The van der Waals surface area contributed by atoms with Gasteiger partial charge in [0.2, 0.25) is 5.91 Å². The molecule has 0 bridgehead atoms. The van der Waals surface area contributed by atoms with E-state index in [0.717, 1.165) is 30.8 Å². The van der Waals surface area contributed by atoms with E-state index in [4.69, 9.17) is 10.5 Å². The maximum absolute atomic E-state index is 12.7. The molecule has 2 unspecified atom stereocenters. The minimum atomic E-state index is -0.847. The molecule has 152 valence electrons. The number of nitriles is 1. The summed E-state index contributed by atoms with van der Waals surface area (Å²) in [5.74, 6) is 1.18. The SMILES string of the molecule is COc1cccc(CN2CCC(C#N)(NC(=O)C(N)CC3CCCCC3)C2)c1. The van der Waals surface area contributed by atoms with E-state index < -0.39 is 11.6 Å². The predicted octanol–water partition coefficient (Wildman–Crippen LogP) is 2.58. The minimum Gasteiger partial charge on any atom is -0.497 e. The van der Waals surface area contributed by atoms with E-state index >= 15 is 0 Å². The first-order valence-corrected chi connectivity index (χ1v) is 10.4. The summed E-state index contributed by atoms with van der Waals surface area (Å²) >= 11 is 0. The quantitative estimate of drug-likeness (QED) is 0.754. The monoisotopic (exact) mass is 384 g/mol. The average Bonchev–Trinajstić information content (AvgIpc) is 3.11. The van der Waals surface area contributed by atoms with Crippen LogP contribution in [0.5, 0.6) is 5.75 Å². The summed E-state index contributed by atoms with van der Waals surface area (Å²) in [6.45, 7) is 2.01. The maximum Gasteiger partial charge on any atom is 0.238 e. The Morgan fingerprint density at radius 3 is 2.93 bits per heavy atom. The van der Waals surface area contributed by atoms with Gasteiger partial charge in [-0.3, -0.25) is 9.69 Å². The number of benzene rings is 1. The first-order valence-electron chi connectivity index (χ1n) is 10.4. The van der Waals surface area contributed by atoms with Crippen LogP contribution < -0.4 is 15.8 Å². The molecule has 2 aliphatic rings. The lowest BCUT2D eigenvalue weighted by molar-refractivity contribution is -0.124. The third-order valence-corrected chi connectivity index (χ3v) is 6.11. The third kappa shape index (κ3) is 5.24. The van der Waals surface area contributed by atoms with E-state index in [1.807, 2.05) is 24.3 Å². The highest BCUT2D eigenvalue weighted by Crippen LogP contribution is 2.28. The number of likely N-dealkylation sites (tertiary alicyclic amines) is 1. The van der Waals surface area contributed by atoms with Crippen molar-refractivity contribution >= 4 is 5.91 Å². The van der Waals surface area contributed by atoms with Gasteiger partial charge in [-0.05, 0) is 36.5 Å². The number of hydrogen-bond donors (Lipinski definition) is 2. The van der Waals surface area contributed by atoms with Gasteiger partial charge in [0.15, 0.2) is 0 Å². The van der Waals surface area contributed by atoms with Crippen molar-refractivity contribution < 1.29 is 9.53 Å². The van der Waals surface area contributed by atoms with E-state index in [1.54, 1.807) is 7.11 Å². The highest BCUT2D eigenvalue weighted by Gasteiger charge is 2.40. The van der Waals surface area contributed by atoms with Crippen molar-refractivity contribution in [1.29, 1.82) is 5.26 Å². The Morgan fingerprint density at radius 2 is 2.21 bits per heavy atom.